The van der Waals surface area contributed by atoms with Crippen LogP contribution in [-0.2, 0) is 4.74 Å². The van der Waals surface area contributed by atoms with Gasteiger partial charge in [0, 0.05) is 57.5 Å². The van der Waals surface area contributed by atoms with Crippen LogP contribution in [0, 0.1) is 0 Å². The normalized spacial score (nSPS) is 16.8. The lowest BCUT2D eigenvalue weighted by atomic mass is 10.1. The molecule has 1 aliphatic rings. The van der Waals surface area contributed by atoms with Gasteiger partial charge in [0.05, 0.1) is 6.61 Å². The van der Waals surface area contributed by atoms with E-state index in [9.17, 15) is 0 Å². The van der Waals surface area contributed by atoms with E-state index in [4.69, 9.17) is 14.7 Å². The van der Waals surface area contributed by atoms with Gasteiger partial charge in [0.15, 0.2) is 0 Å². The lowest BCUT2D eigenvalue weighted by molar-refractivity contribution is 0.144. The fourth-order valence-electron chi connectivity index (χ4n) is 2.61. The zero-order valence-electron chi connectivity index (χ0n) is 14.7. The number of aromatic nitrogens is 2. The Morgan fingerprint density at radius 2 is 1.73 bits per heavy atom. The average Bonchev–Trinajstić information content (AvgIpc) is 2.52. The van der Waals surface area contributed by atoms with Crippen molar-refractivity contribution in [3.63, 3.8) is 0 Å². The minimum absolute atomic E-state index is 0.362. The molecule has 0 atom stereocenters. The maximum absolute atomic E-state index is 5.16. The molecule has 0 spiro atoms. The van der Waals surface area contributed by atoms with Crippen molar-refractivity contribution in [2.45, 2.75) is 39.5 Å². The number of anilines is 1. The van der Waals surface area contributed by atoms with Gasteiger partial charge in [-0.15, -0.1) is 0 Å². The molecule has 0 radical (unpaired) electrons. The molecule has 0 amide bonds. The zero-order valence-corrected chi connectivity index (χ0v) is 14.7. The van der Waals surface area contributed by atoms with Crippen molar-refractivity contribution >= 4 is 5.82 Å². The molecule has 1 aromatic rings. The number of hydrogen-bond acceptors (Lipinski definition) is 5. The van der Waals surface area contributed by atoms with Crippen LogP contribution in [0.1, 0.15) is 51.0 Å². The highest BCUT2D eigenvalue weighted by molar-refractivity contribution is 5.41. The van der Waals surface area contributed by atoms with Gasteiger partial charge in [0.2, 0.25) is 0 Å². The molecule has 1 aromatic heterocycles. The molecule has 0 aliphatic carbocycles. The SMILES string of the molecule is COCCN1CCN(c2cc(C(C)C)nc(C(C)C)n2)CC1. The topological polar surface area (TPSA) is 41.5 Å². The van der Waals surface area contributed by atoms with E-state index in [1.807, 2.05) is 0 Å². The summed E-state index contributed by atoms with van der Waals surface area (Å²) in [6.07, 6.45) is 0. The highest BCUT2D eigenvalue weighted by Gasteiger charge is 2.20. The van der Waals surface area contributed by atoms with E-state index in [0.717, 1.165) is 56.7 Å². The second-order valence-corrected chi connectivity index (χ2v) is 6.64. The summed E-state index contributed by atoms with van der Waals surface area (Å²) in [5, 5.41) is 0. The van der Waals surface area contributed by atoms with E-state index in [1.165, 1.54) is 0 Å². The van der Waals surface area contributed by atoms with Crippen LogP contribution in [0.2, 0.25) is 0 Å². The number of methoxy groups -OCH3 is 1. The standard InChI is InChI=1S/C17H30N4O/c1-13(2)15-12-16(19-17(18-15)14(3)4)21-8-6-20(7-9-21)10-11-22-5/h12-14H,6-11H2,1-5H3. The van der Waals surface area contributed by atoms with Crippen molar-refractivity contribution in [2.24, 2.45) is 0 Å². The van der Waals surface area contributed by atoms with Gasteiger partial charge in [-0.2, -0.15) is 0 Å². The third-order valence-electron chi connectivity index (χ3n) is 4.17. The summed E-state index contributed by atoms with van der Waals surface area (Å²) < 4.78 is 5.16. The van der Waals surface area contributed by atoms with E-state index in [2.05, 4.69) is 43.6 Å². The molecule has 0 N–H and O–H groups in total. The van der Waals surface area contributed by atoms with Crippen molar-refractivity contribution in [2.75, 3.05) is 51.3 Å². The van der Waals surface area contributed by atoms with Crippen LogP contribution >= 0.6 is 0 Å². The largest absolute Gasteiger partial charge is 0.383 e. The fraction of sp³-hybridized carbons (Fsp3) is 0.765. The smallest absolute Gasteiger partial charge is 0.133 e. The zero-order chi connectivity index (χ0) is 16.1. The van der Waals surface area contributed by atoms with E-state index < -0.39 is 0 Å². The molecular formula is C17H30N4O. The van der Waals surface area contributed by atoms with Gasteiger partial charge in [-0.3, -0.25) is 4.90 Å². The summed E-state index contributed by atoms with van der Waals surface area (Å²) in [6, 6.07) is 2.17. The van der Waals surface area contributed by atoms with Gasteiger partial charge in [0.1, 0.15) is 11.6 Å². The third kappa shape index (κ3) is 4.40. The molecule has 22 heavy (non-hydrogen) atoms. The van der Waals surface area contributed by atoms with Crippen molar-refractivity contribution in [3.05, 3.63) is 17.6 Å². The summed E-state index contributed by atoms with van der Waals surface area (Å²) in [7, 11) is 1.76. The van der Waals surface area contributed by atoms with Crippen molar-refractivity contribution in [1.29, 1.82) is 0 Å². The first kappa shape index (κ1) is 17.2. The monoisotopic (exact) mass is 306 g/mol. The number of piperazine rings is 1. The molecule has 0 aromatic carbocycles. The molecule has 0 unspecified atom stereocenters. The Labute approximate surface area is 134 Å². The molecule has 5 heteroatoms. The molecule has 2 heterocycles. The van der Waals surface area contributed by atoms with Crippen LogP contribution in [0.25, 0.3) is 0 Å². The Hall–Kier alpha value is -1.20. The molecule has 0 bridgehead atoms. The molecule has 0 saturated carbocycles. The maximum atomic E-state index is 5.16. The summed E-state index contributed by atoms with van der Waals surface area (Å²) in [5.74, 6) is 2.85. The third-order valence-corrected chi connectivity index (χ3v) is 4.17. The molecule has 124 valence electrons. The molecule has 1 aliphatic heterocycles. The molecular weight excluding hydrogens is 276 g/mol. The quantitative estimate of drug-likeness (QED) is 0.808. The second kappa shape index (κ2) is 7.88. The number of rotatable bonds is 6. The van der Waals surface area contributed by atoms with E-state index in [-0.39, 0.29) is 0 Å². The van der Waals surface area contributed by atoms with Gasteiger partial charge < -0.3 is 9.64 Å². The summed E-state index contributed by atoms with van der Waals surface area (Å²) in [5.41, 5.74) is 1.15. The predicted octanol–water partition coefficient (Wildman–Crippen LogP) is 2.49. The van der Waals surface area contributed by atoms with Gasteiger partial charge in [-0.05, 0) is 5.92 Å². The Morgan fingerprint density at radius 3 is 2.27 bits per heavy atom. The minimum atomic E-state index is 0.362. The van der Waals surface area contributed by atoms with Crippen LogP contribution in [0.15, 0.2) is 6.07 Å². The first-order chi connectivity index (χ1) is 10.5. The van der Waals surface area contributed by atoms with Gasteiger partial charge >= 0.3 is 0 Å². The molecule has 1 saturated heterocycles. The fourth-order valence-corrected chi connectivity index (χ4v) is 2.61. The van der Waals surface area contributed by atoms with Crippen LogP contribution < -0.4 is 4.90 Å². The Bertz CT molecular complexity index is 441. The Kier molecular flexibility index (Phi) is 6.15. The highest BCUT2D eigenvalue weighted by Crippen LogP contribution is 2.22. The Balaban J connectivity index is 2.09. The number of hydrogen-bond donors (Lipinski definition) is 0. The summed E-state index contributed by atoms with van der Waals surface area (Å²) in [4.78, 5) is 14.4. The van der Waals surface area contributed by atoms with Crippen molar-refractivity contribution in [3.8, 4) is 0 Å². The van der Waals surface area contributed by atoms with Crippen LogP contribution in [0.5, 0.6) is 0 Å². The highest BCUT2D eigenvalue weighted by atomic mass is 16.5. The van der Waals surface area contributed by atoms with E-state index >= 15 is 0 Å². The van der Waals surface area contributed by atoms with Crippen LogP contribution in [0.3, 0.4) is 0 Å². The first-order valence-electron chi connectivity index (χ1n) is 8.36. The average molecular weight is 306 g/mol. The molecule has 2 rings (SSSR count). The number of ether oxygens (including phenoxy) is 1. The predicted molar refractivity (Wildman–Crippen MR) is 90.7 cm³/mol. The first-order valence-corrected chi connectivity index (χ1v) is 8.36. The van der Waals surface area contributed by atoms with Gasteiger partial charge in [-0.25, -0.2) is 9.97 Å². The summed E-state index contributed by atoms with van der Waals surface area (Å²) in [6.45, 7) is 14.7. The maximum Gasteiger partial charge on any atom is 0.133 e. The Morgan fingerprint density at radius 1 is 1.05 bits per heavy atom. The summed E-state index contributed by atoms with van der Waals surface area (Å²) >= 11 is 0. The van der Waals surface area contributed by atoms with Crippen LogP contribution in [0.4, 0.5) is 5.82 Å². The van der Waals surface area contributed by atoms with Crippen LogP contribution in [-0.4, -0.2) is 61.3 Å². The number of nitrogens with zero attached hydrogens (tertiary/aromatic N) is 4. The van der Waals surface area contributed by atoms with Gasteiger partial charge in [0.25, 0.3) is 0 Å². The minimum Gasteiger partial charge on any atom is -0.383 e. The lowest BCUT2D eigenvalue weighted by Gasteiger charge is -2.35. The van der Waals surface area contributed by atoms with Crippen molar-refractivity contribution < 1.29 is 4.74 Å². The van der Waals surface area contributed by atoms with E-state index in [0.29, 0.717) is 11.8 Å². The van der Waals surface area contributed by atoms with Gasteiger partial charge in [-0.1, -0.05) is 27.7 Å². The molecule has 1 fully saturated rings. The molecule has 5 nitrogen and oxygen atoms in total. The van der Waals surface area contributed by atoms with E-state index in [1.54, 1.807) is 7.11 Å². The second-order valence-electron chi connectivity index (χ2n) is 6.64. The lowest BCUT2D eigenvalue weighted by Crippen LogP contribution is -2.47. The van der Waals surface area contributed by atoms with Crippen molar-refractivity contribution in [1.82, 2.24) is 14.9 Å².